The van der Waals surface area contributed by atoms with Crippen LogP contribution in [0.15, 0.2) is 30.3 Å². The van der Waals surface area contributed by atoms with Crippen molar-refractivity contribution in [3.63, 3.8) is 0 Å². The molecule has 0 fully saturated rings. The van der Waals surface area contributed by atoms with Gasteiger partial charge in [0.15, 0.2) is 0 Å². The van der Waals surface area contributed by atoms with Crippen LogP contribution in [-0.2, 0) is 4.74 Å². The number of hydrogen-bond acceptors (Lipinski definition) is 3. The fourth-order valence-corrected chi connectivity index (χ4v) is 1.98. The largest absolute Gasteiger partial charge is 0.496 e. The molecule has 0 N–H and O–H groups in total. The zero-order chi connectivity index (χ0) is 12.4. The number of rotatable bonds is 2. The molecule has 0 aliphatic heterocycles. The van der Waals surface area contributed by atoms with Gasteiger partial charge in [0.2, 0.25) is 0 Å². The summed E-state index contributed by atoms with van der Waals surface area (Å²) in [6.45, 7) is 1.91. The molecule has 0 saturated heterocycles. The first kappa shape index (κ1) is 11.5. The molecule has 3 nitrogen and oxygen atoms in total. The first-order valence-electron chi connectivity index (χ1n) is 5.33. The van der Waals surface area contributed by atoms with Gasteiger partial charge in [0, 0.05) is 5.39 Å². The van der Waals surface area contributed by atoms with Crippen LogP contribution >= 0.6 is 0 Å². The molecular weight excluding hydrogens is 216 g/mol. The van der Waals surface area contributed by atoms with Crippen molar-refractivity contribution in [2.24, 2.45) is 0 Å². The summed E-state index contributed by atoms with van der Waals surface area (Å²) in [6, 6.07) is 9.56. The van der Waals surface area contributed by atoms with Crippen LogP contribution in [0.2, 0.25) is 0 Å². The summed E-state index contributed by atoms with van der Waals surface area (Å²) in [7, 11) is 2.97. The molecule has 0 saturated carbocycles. The molecule has 17 heavy (non-hydrogen) atoms. The van der Waals surface area contributed by atoms with E-state index in [0.717, 1.165) is 16.3 Å². The second-order valence-corrected chi connectivity index (χ2v) is 3.79. The van der Waals surface area contributed by atoms with E-state index in [2.05, 4.69) is 0 Å². The predicted octanol–water partition coefficient (Wildman–Crippen LogP) is 2.94. The van der Waals surface area contributed by atoms with Crippen LogP contribution in [0.3, 0.4) is 0 Å². The Bertz CT molecular complexity index is 573. The van der Waals surface area contributed by atoms with Crippen LogP contribution < -0.4 is 4.74 Å². The monoisotopic (exact) mass is 230 g/mol. The van der Waals surface area contributed by atoms with Gasteiger partial charge < -0.3 is 9.47 Å². The molecule has 2 aromatic carbocycles. The molecule has 0 bridgehead atoms. The highest BCUT2D eigenvalue weighted by Gasteiger charge is 2.15. The summed E-state index contributed by atoms with van der Waals surface area (Å²) in [5.41, 5.74) is 1.45. The lowest BCUT2D eigenvalue weighted by atomic mass is 9.99. The zero-order valence-corrected chi connectivity index (χ0v) is 10.1. The number of methoxy groups -OCH3 is 2. The Morgan fingerprint density at radius 3 is 2.35 bits per heavy atom. The SMILES string of the molecule is COC(=O)c1cc(OC)c2ccccc2c1C. The van der Waals surface area contributed by atoms with Gasteiger partial charge in [-0.05, 0) is 23.9 Å². The molecule has 88 valence electrons. The van der Waals surface area contributed by atoms with Gasteiger partial charge in [0.1, 0.15) is 5.75 Å². The minimum atomic E-state index is -0.341. The minimum Gasteiger partial charge on any atom is -0.496 e. The van der Waals surface area contributed by atoms with Gasteiger partial charge in [-0.15, -0.1) is 0 Å². The van der Waals surface area contributed by atoms with Gasteiger partial charge in [-0.2, -0.15) is 0 Å². The number of carbonyl (C=O) groups excluding carboxylic acids is 1. The Balaban J connectivity index is 2.80. The third-order valence-electron chi connectivity index (χ3n) is 2.90. The number of fused-ring (bicyclic) bond motifs is 1. The highest BCUT2D eigenvalue weighted by Crippen LogP contribution is 2.31. The maximum absolute atomic E-state index is 11.7. The molecule has 0 atom stereocenters. The fourth-order valence-electron chi connectivity index (χ4n) is 1.98. The molecule has 2 rings (SSSR count). The van der Waals surface area contributed by atoms with Crippen LogP contribution in [-0.4, -0.2) is 20.2 Å². The van der Waals surface area contributed by atoms with Crippen molar-refractivity contribution in [3.05, 3.63) is 41.5 Å². The Hall–Kier alpha value is -2.03. The molecule has 3 heteroatoms. The first-order valence-corrected chi connectivity index (χ1v) is 5.33. The van der Waals surface area contributed by atoms with Gasteiger partial charge >= 0.3 is 5.97 Å². The van der Waals surface area contributed by atoms with E-state index < -0.39 is 0 Å². The quantitative estimate of drug-likeness (QED) is 0.744. The molecule has 0 aliphatic carbocycles. The van der Waals surface area contributed by atoms with E-state index in [4.69, 9.17) is 9.47 Å². The lowest BCUT2D eigenvalue weighted by molar-refractivity contribution is 0.0600. The third-order valence-corrected chi connectivity index (χ3v) is 2.90. The number of hydrogen-bond donors (Lipinski definition) is 0. The maximum atomic E-state index is 11.7. The van der Waals surface area contributed by atoms with Crippen LogP contribution in [0.5, 0.6) is 5.75 Å². The third kappa shape index (κ3) is 1.84. The summed E-state index contributed by atoms with van der Waals surface area (Å²) in [5.74, 6) is 0.346. The Labute approximate surface area is 100.0 Å². The van der Waals surface area contributed by atoms with Crippen molar-refractivity contribution < 1.29 is 14.3 Å². The maximum Gasteiger partial charge on any atom is 0.338 e. The number of aryl methyl sites for hydroxylation is 1. The summed E-state index contributed by atoms with van der Waals surface area (Å²) in [5, 5.41) is 2.01. The molecule has 0 heterocycles. The van der Waals surface area contributed by atoms with Crippen LogP contribution in [0.1, 0.15) is 15.9 Å². The molecular formula is C14H14O3. The summed E-state index contributed by atoms with van der Waals surface area (Å²) in [4.78, 5) is 11.7. The second-order valence-electron chi connectivity index (χ2n) is 3.79. The molecule has 0 aliphatic rings. The zero-order valence-electron chi connectivity index (χ0n) is 10.1. The lowest BCUT2D eigenvalue weighted by Gasteiger charge is -2.11. The Morgan fingerprint density at radius 1 is 1.12 bits per heavy atom. The number of ether oxygens (including phenoxy) is 2. The highest BCUT2D eigenvalue weighted by atomic mass is 16.5. The molecule has 2 aromatic rings. The van der Waals surface area contributed by atoms with E-state index >= 15 is 0 Å². The molecule has 0 radical (unpaired) electrons. The summed E-state index contributed by atoms with van der Waals surface area (Å²) >= 11 is 0. The standard InChI is InChI=1S/C14H14O3/c1-9-10-6-4-5-7-11(10)13(16-2)8-12(9)14(15)17-3/h4-8H,1-3H3. The molecule has 0 aromatic heterocycles. The molecule has 0 amide bonds. The lowest BCUT2D eigenvalue weighted by Crippen LogP contribution is -2.05. The van der Waals surface area contributed by atoms with Crippen molar-refractivity contribution in [1.29, 1.82) is 0 Å². The second kappa shape index (κ2) is 4.45. The Morgan fingerprint density at radius 2 is 1.76 bits per heavy atom. The Kier molecular flexibility index (Phi) is 3.00. The smallest absolute Gasteiger partial charge is 0.338 e. The van der Waals surface area contributed by atoms with Gasteiger partial charge in [-0.1, -0.05) is 24.3 Å². The van der Waals surface area contributed by atoms with E-state index in [9.17, 15) is 4.79 Å². The topological polar surface area (TPSA) is 35.5 Å². The highest BCUT2D eigenvalue weighted by molar-refractivity contribution is 6.01. The van der Waals surface area contributed by atoms with E-state index in [0.29, 0.717) is 11.3 Å². The van der Waals surface area contributed by atoms with Gasteiger partial charge in [0.25, 0.3) is 0 Å². The van der Waals surface area contributed by atoms with Gasteiger partial charge in [0.05, 0.1) is 19.8 Å². The van der Waals surface area contributed by atoms with E-state index in [1.807, 2.05) is 31.2 Å². The molecule has 0 spiro atoms. The van der Waals surface area contributed by atoms with Gasteiger partial charge in [-0.3, -0.25) is 0 Å². The normalized spacial score (nSPS) is 10.3. The van der Waals surface area contributed by atoms with Crippen molar-refractivity contribution in [2.45, 2.75) is 6.92 Å². The van der Waals surface area contributed by atoms with Crippen molar-refractivity contribution >= 4 is 16.7 Å². The van der Waals surface area contributed by atoms with E-state index in [1.54, 1.807) is 13.2 Å². The van der Waals surface area contributed by atoms with Crippen molar-refractivity contribution in [2.75, 3.05) is 14.2 Å². The van der Waals surface area contributed by atoms with Gasteiger partial charge in [-0.25, -0.2) is 4.79 Å². The first-order chi connectivity index (χ1) is 8.19. The average Bonchev–Trinajstić information content (AvgIpc) is 2.39. The average molecular weight is 230 g/mol. The van der Waals surface area contributed by atoms with Crippen LogP contribution in [0.25, 0.3) is 10.8 Å². The van der Waals surface area contributed by atoms with E-state index in [1.165, 1.54) is 7.11 Å². The minimum absolute atomic E-state index is 0.341. The fraction of sp³-hybridized carbons (Fsp3) is 0.214. The van der Waals surface area contributed by atoms with Crippen LogP contribution in [0.4, 0.5) is 0 Å². The summed E-state index contributed by atoms with van der Waals surface area (Å²) in [6.07, 6.45) is 0. The number of esters is 1. The van der Waals surface area contributed by atoms with Crippen LogP contribution in [0, 0.1) is 6.92 Å². The number of benzene rings is 2. The van der Waals surface area contributed by atoms with Crippen molar-refractivity contribution in [3.8, 4) is 5.75 Å². The molecule has 0 unspecified atom stereocenters. The summed E-state index contributed by atoms with van der Waals surface area (Å²) < 4.78 is 10.1. The number of carbonyl (C=O) groups is 1. The predicted molar refractivity (Wildman–Crippen MR) is 66.6 cm³/mol. The van der Waals surface area contributed by atoms with Crippen molar-refractivity contribution in [1.82, 2.24) is 0 Å². The van der Waals surface area contributed by atoms with E-state index in [-0.39, 0.29) is 5.97 Å².